The summed E-state index contributed by atoms with van der Waals surface area (Å²) in [5.41, 5.74) is 0.681. The highest BCUT2D eigenvalue weighted by molar-refractivity contribution is 6.63. The van der Waals surface area contributed by atoms with Gasteiger partial charge in [-0.25, -0.2) is 19.3 Å². The van der Waals surface area contributed by atoms with E-state index < -0.39 is 22.8 Å². The molecule has 0 saturated heterocycles. The van der Waals surface area contributed by atoms with Gasteiger partial charge in [-0.15, -0.1) is 10.9 Å². The lowest BCUT2D eigenvalue weighted by atomic mass is 9.65. The molecular formula is C19H10B4FN5O. The highest BCUT2D eigenvalue weighted by Crippen LogP contribution is 2.23. The van der Waals surface area contributed by atoms with Crippen molar-refractivity contribution < 1.29 is 9.18 Å². The molecule has 0 unspecified atom stereocenters. The zero-order valence-electron chi connectivity index (χ0n) is 15.8. The molecule has 8 radical (unpaired) electrons. The first-order valence-corrected chi connectivity index (χ1v) is 8.74. The van der Waals surface area contributed by atoms with Gasteiger partial charge in [0.25, 0.3) is 5.91 Å². The third kappa shape index (κ3) is 3.30. The molecule has 1 amide bonds. The van der Waals surface area contributed by atoms with E-state index in [0.717, 1.165) is 16.6 Å². The number of halogens is 1. The van der Waals surface area contributed by atoms with Crippen molar-refractivity contribution in [1.29, 1.82) is 0 Å². The molecule has 0 aliphatic heterocycles. The molecule has 1 N–H and O–H groups in total. The number of nitrogens with one attached hydrogen (secondary N) is 1. The maximum absolute atomic E-state index is 14.5. The van der Waals surface area contributed by atoms with E-state index >= 15 is 0 Å². The first kappa shape index (κ1) is 19.9. The topological polar surface area (TPSA) is 72.7 Å². The zero-order valence-corrected chi connectivity index (χ0v) is 15.8. The number of carbonyl (C=O) groups excluding carboxylic acids is 1. The van der Waals surface area contributed by atoms with Crippen molar-refractivity contribution in [1.82, 2.24) is 19.5 Å². The Morgan fingerprint density at radius 3 is 2.50 bits per heavy atom. The smallest absolute Gasteiger partial charge is 0.260 e. The van der Waals surface area contributed by atoms with Crippen LogP contribution in [0.15, 0.2) is 36.9 Å². The van der Waals surface area contributed by atoms with Crippen molar-refractivity contribution >= 4 is 76.0 Å². The quantitative estimate of drug-likeness (QED) is 0.440. The summed E-state index contributed by atoms with van der Waals surface area (Å²) in [4.78, 5) is 25.2. The van der Waals surface area contributed by atoms with E-state index in [4.69, 9.17) is 31.4 Å². The zero-order chi connectivity index (χ0) is 21.6. The Bertz CT molecular complexity index is 1300. The Kier molecular flexibility index (Phi) is 4.97. The number of nitrogens with zero attached hydrogens (tertiary/aromatic N) is 4. The Hall–Kier alpha value is -3.35. The van der Waals surface area contributed by atoms with Crippen molar-refractivity contribution in [3.63, 3.8) is 0 Å². The summed E-state index contributed by atoms with van der Waals surface area (Å²) >= 11 is 0. The van der Waals surface area contributed by atoms with Gasteiger partial charge in [0.15, 0.2) is 0 Å². The number of aryl methyl sites for hydroxylation is 1. The maximum Gasteiger partial charge on any atom is 0.260 e. The molecule has 0 fully saturated rings. The van der Waals surface area contributed by atoms with E-state index in [2.05, 4.69) is 20.3 Å². The van der Waals surface area contributed by atoms with E-state index in [-0.39, 0.29) is 22.3 Å². The van der Waals surface area contributed by atoms with Crippen molar-refractivity contribution in [3.05, 3.63) is 48.3 Å². The third-order valence-electron chi connectivity index (χ3n) is 4.74. The van der Waals surface area contributed by atoms with Crippen LogP contribution in [0.2, 0.25) is 0 Å². The van der Waals surface area contributed by atoms with Crippen molar-refractivity contribution in [2.24, 2.45) is 7.05 Å². The maximum atomic E-state index is 14.5. The fraction of sp³-hybridized carbons (Fsp3) is 0.0526. The summed E-state index contributed by atoms with van der Waals surface area (Å²) in [6, 6.07) is 5.59. The summed E-state index contributed by atoms with van der Waals surface area (Å²) in [7, 11) is 24.5. The second-order valence-electron chi connectivity index (χ2n) is 6.65. The van der Waals surface area contributed by atoms with Crippen LogP contribution in [0.25, 0.3) is 22.2 Å². The minimum Gasteiger partial charge on any atom is -0.334 e. The molecule has 0 atom stereocenters. The fourth-order valence-corrected chi connectivity index (χ4v) is 3.06. The van der Waals surface area contributed by atoms with Gasteiger partial charge in [-0.05, 0) is 6.07 Å². The van der Waals surface area contributed by atoms with Gasteiger partial charge in [0, 0.05) is 24.2 Å². The number of carbonyl (C=O) groups is 1. The number of hydrogen-bond donors (Lipinski definition) is 1. The summed E-state index contributed by atoms with van der Waals surface area (Å²) in [5, 5.41) is 3.18. The Balaban J connectivity index is 1.71. The molecule has 2 aromatic carbocycles. The van der Waals surface area contributed by atoms with Crippen molar-refractivity contribution in [2.75, 3.05) is 5.32 Å². The van der Waals surface area contributed by atoms with Crippen LogP contribution < -0.4 is 27.2 Å². The largest absolute Gasteiger partial charge is 0.334 e. The molecule has 6 nitrogen and oxygen atoms in total. The van der Waals surface area contributed by atoms with Crippen LogP contribution in [0.5, 0.6) is 0 Å². The predicted molar refractivity (Wildman–Crippen MR) is 118 cm³/mol. The van der Waals surface area contributed by atoms with Crippen LogP contribution in [0.1, 0.15) is 10.4 Å². The van der Waals surface area contributed by atoms with Crippen molar-refractivity contribution in [3.8, 4) is 11.3 Å². The van der Waals surface area contributed by atoms with Crippen LogP contribution in [0, 0.1) is 5.82 Å². The minimum absolute atomic E-state index is 0.0394. The van der Waals surface area contributed by atoms with Crippen LogP contribution in [0.3, 0.4) is 0 Å². The molecule has 4 aromatic rings. The monoisotopic (exact) mass is 387 g/mol. The Labute approximate surface area is 177 Å². The second kappa shape index (κ2) is 7.48. The molecule has 0 aliphatic carbocycles. The fourth-order valence-electron chi connectivity index (χ4n) is 3.06. The molecule has 0 bridgehead atoms. The number of aromatic nitrogens is 4. The van der Waals surface area contributed by atoms with Gasteiger partial charge < -0.3 is 4.57 Å². The third-order valence-corrected chi connectivity index (χ3v) is 4.74. The van der Waals surface area contributed by atoms with Gasteiger partial charge in [-0.3, -0.25) is 10.1 Å². The SMILES string of the molecule is [B]c1c([B])c([B])c(C(=O)Nc2ncc3ccc(-c4cncn4C)cc3n2)c(F)c1[B]. The van der Waals surface area contributed by atoms with Crippen LogP contribution in [0.4, 0.5) is 10.3 Å². The average molecular weight is 387 g/mol. The summed E-state index contributed by atoms with van der Waals surface area (Å²) in [6.45, 7) is 0. The lowest BCUT2D eigenvalue weighted by molar-refractivity contribution is 0.102. The molecule has 136 valence electrons. The molecular weight excluding hydrogens is 376 g/mol. The highest BCUT2D eigenvalue weighted by Gasteiger charge is 2.20. The predicted octanol–water partition coefficient (Wildman–Crippen LogP) is -1.40. The summed E-state index contributed by atoms with van der Waals surface area (Å²) < 4.78 is 16.4. The number of amides is 1. The standard InChI is InChI=1S/C19H10B4FN5O/c1-29-7-25-6-11(29)8-2-3-9-5-26-19(27-10(9)4-8)28-18(30)12-13(20)14(21)15(22)16(23)17(12)24/h2-7H,1H3,(H,26,27,28,30). The highest BCUT2D eigenvalue weighted by atomic mass is 19.1. The number of rotatable bonds is 3. The molecule has 2 aromatic heterocycles. The average Bonchev–Trinajstić information content (AvgIpc) is 3.16. The number of benzene rings is 2. The molecule has 0 spiro atoms. The Morgan fingerprint density at radius 2 is 1.80 bits per heavy atom. The minimum atomic E-state index is -1.06. The van der Waals surface area contributed by atoms with Gasteiger partial charge in [-0.2, -0.15) is 0 Å². The number of anilines is 1. The van der Waals surface area contributed by atoms with Gasteiger partial charge in [0.1, 0.15) is 37.2 Å². The first-order chi connectivity index (χ1) is 14.3. The molecule has 30 heavy (non-hydrogen) atoms. The van der Waals surface area contributed by atoms with Crippen molar-refractivity contribution in [2.45, 2.75) is 0 Å². The first-order valence-electron chi connectivity index (χ1n) is 8.74. The normalized spacial score (nSPS) is 11.0. The van der Waals surface area contributed by atoms with Gasteiger partial charge >= 0.3 is 0 Å². The van der Waals surface area contributed by atoms with Gasteiger partial charge in [0.05, 0.1) is 29.3 Å². The lowest BCUT2D eigenvalue weighted by Gasteiger charge is -2.17. The second-order valence-corrected chi connectivity index (χ2v) is 6.65. The van der Waals surface area contributed by atoms with E-state index in [1.54, 1.807) is 12.5 Å². The van der Waals surface area contributed by atoms with E-state index in [1.165, 1.54) is 6.20 Å². The lowest BCUT2D eigenvalue weighted by Crippen LogP contribution is -2.52. The molecule has 4 rings (SSSR count). The number of hydrogen-bond acceptors (Lipinski definition) is 4. The summed E-state index contributed by atoms with van der Waals surface area (Å²) in [6.07, 6.45) is 4.96. The molecule has 11 heteroatoms. The summed E-state index contributed by atoms with van der Waals surface area (Å²) in [5.74, 6) is -2.00. The van der Waals surface area contributed by atoms with Crippen LogP contribution >= 0.6 is 0 Å². The van der Waals surface area contributed by atoms with Crippen LogP contribution in [-0.2, 0) is 7.05 Å². The molecule has 0 aliphatic rings. The molecule has 2 heterocycles. The van der Waals surface area contributed by atoms with Gasteiger partial charge in [-0.1, -0.05) is 23.1 Å². The number of imidazole rings is 1. The number of fused-ring (bicyclic) bond motifs is 1. The van der Waals surface area contributed by atoms with E-state index in [0.29, 0.717) is 5.52 Å². The van der Waals surface area contributed by atoms with Crippen LogP contribution in [-0.4, -0.2) is 56.8 Å². The van der Waals surface area contributed by atoms with E-state index in [9.17, 15) is 9.18 Å². The van der Waals surface area contributed by atoms with E-state index in [1.807, 2.05) is 29.8 Å². The van der Waals surface area contributed by atoms with Gasteiger partial charge in [0.2, 0.25) is 5.95 Å². The Morgan fingerprint density at radius 1 is 1.07 bits per heavy atom. The molecule has 0 saturated carbocycles.